The molecule has 0 fully saturated rings. The molecule has 1 aliphatic rings. The van der Waals surface area contributed by atoms with E-state index in [0.29, 0.717) is 22.2 Å². The summed E-state index contributed by atoms with van der Waals surface area (Å²) in [7, 11) is -0.857. The number of thiophene rings is 6. The summed E-state index contributed by atoms with van der Waals surface area (Å²) in [6.45, 7) is 4.21. The number of rotatable bonds is 6. The highest BCUT2D eigenvalue weighted by molar-refractivity contribution is 7.29. The Morgan fingerprint density at radius 2 is 0.830 bits per heavy atom. The first kappa shape index (κ1) is 32.8. The van der Waals surface area contributed by atoms with E-state index in [4.69, 9.17) is 0 Å². The number of aromatic nitrogens is 4. The van der Waals surface area contributed by atoms with Crippen molar-refractivity contribution < 1.29 is 8.78 Å². The van der Waals surface area contributed by atoms with Crippen molar-refractivity contribution in [2.75, 3.05) is 0 Å². The molecule has 9 heterocycles. The molecule has 15 heteroatoms. The molecule has 0 atom stereocenters. The summed E-state index contributed by atoms with van der Waals surface area (Å²) >= 11 is 12.3. The molecule has 0 spiro atoms. The molecule has 4 nitrogen and oxygen atoms in total. The van der Waals surface area contributed by atoms with Gasteiger partial charge >= 0.3 is 0 Å². The molecular formula is C38H20F2N4S8Si. The first-order valence-electron chi connectivity index (χ1n) is 16.4. The number of hydrogen-bond donors (Lipinski definition) is 0. The molecule has 0 bridgehead atoms. The number of nitrogens with zero attached hydrogens (tertiary/aromatic N) is 4. The number of hydrogen-bond acceptors (Lipinski definition) is 12. The van der Waals surface area contributed by atoms with Crippen LogP contribution in [0, 0.1) is 25.5 Å². The van der Waals surface area contributed by atoms with E-state index in [9.17, 15) is 0 Å². The minimum Gasteiger partial charge on any atom is -0.206 e. The second-order valence-electron chi connectivity index (χ2n) is 12.7. The van der Waals surface area contributed by atoms with Crippen molar-refractivity contribution in [1.82, 2.24) is 17.5 Å². The van der Waals surface area contributed by atoms with Gasteiger partial charge in [0.25, 0.3) is 0 Å². The van der Waals surface area contributed by atoms with Crippen molar-refractivity contribution in [1.29, 1.82) is 0 Å². The average molecular weight is 855 g/mol. The van der Waals surface area contributed by atoms with Gasteiger partial charge in [-0.25, -0.2) is 8.78 Å². The largest absolute Gasteiger partial charge is 0.206 e. The minimum atomic E-state index is -0.857. The first-order valence-corrected chi connectivity index (χ1v) is 24.1. The Kier molecular flexibility index (Phi) is 7.69. The summed E-state index contributed by atoms with van der Waals surface area (Å²) in [5.74, 6) is -0.584. The summed E-state index contributed by atoms with van der Waals surface area (Å²) in [5, 5.41) is 2.58. The molecule has 0 saturated heterocycles. The summed E-state index contributed by atoms with van der Waals surface area (Å²) < 4.78 is 51.1. The summed E-state index contributed by atoms with van der Waals surface area (Å²) in [4.78, 5) is 13.3. The lowest BCUT2D eigenvalue weighted by atomic mass is 10.0. The fraction of sp³-hybridized carbons (Fsp3) is 0.0526. The lowest BCUT2D eigenvalue weighted by Crippen LogP contribution is -2.18. The molecule has 10 aromatic rings. The van der Waals surface area contributed by atoms with Crippen molar-refractivity contribution in [3.8, 4) is 71.0 Å². The predicted octanol–water partition coefficient (Wildman–Crippen LogP) is 12.1. The monoisotopic (exact) mass is 854 g/mol. The van der Waals surface area contributed by atoms with Gasteiger partial charge in [-0.1, -0.05) is 0 Å². The lowest BCUT2D eigenvalue weighted by molar-refractivity contribution is 0.633. The molecule has 0 radical (unpaired) electrons. The van der Waals surface area contributed by atoms with Gasteiger partial charge in [0.15, 0.2) is 0 Å². The highest BCUT2D eigenvalue weighted by Crippen LogP contribution is 2.48. The molecule has 0 saturated carbocycles. The van der Waals surface area contributed by atoms with Crippen molar-refractivity contribution in [2.24, 2.45) is 0 Å². The first-order chi connectivity index (χ1) is 25.9. The molecule has 1 aliphatic heterocycles. The van der Waals surface area contributed by atoms with Gasteiger partial charge in [0.05, 0.1) is 44.1 Å². The van der Waals surface area contributed by atoms with Crippen molar-refractivity contribution in [3.63, 3.8) is 0 Å². The van der Waals surface area contributed by atoms with Gasteiger partial charge in [-0.15, -0.1) is 68.0 Å². The second-order valence-corrected chi connectivity index (χ2v) is 22.5. The van der Waals surface area contributed by atoms with E-state index >= 15 is 8.78 Å². The van der Waals surface area contributed by atoms with E-state index in [1.807, 2.05) is 0 Å². The van der Waals surface area contributed by atoms with Crippen molar-refractivity contribution in [2.45, 2.75) is 13.8 Å². The third kappa shape index (κ3) is 5.27. The topological polar surface area (TPSA) is 51.6 Å². The van der Waals surface area contributed by atoms with Gasteiger partial charge in [-0.05, 0) is 97.0 Å². The molecule has 0 unspecified atom stereocenters. The zero-order valence-corrected chi connectivity index (χ0v) is 35.4. The van der Waals surface area contributed by atoms with Gasteiger partial charge in [0.1, 0.15) is 33.7 Å². The molecular weight excluding hydrogens is 835 g/mol. The van der Waals surface area contributed by atoms with Crippen LogP contribution in [0.4, 0.5) is 8.78 Å². The van der Waals surface area contributed by atoms with Gasteiger partial charge in [0.2, 0.25) is 0 Å². The van der Waals surface area contributed by atoms with Gasteiger partial charge < -0.3 is 0 Å². The molecule has 11 rings (SSSR count). The van der Waals surface area contributed by atoms with E-state index in [2.05, 4.69) is 92.0 Å². The molecule has 8 aromatic heterocycles. The van der Waals surface area contributed by atoms with E-state index in [0.717, 1.165) is 84.6 Å². The number of fused-ring (bicyclic) bond motifs is 5. The number of benzene rings is 2. The maximum Gasteiger partial charge on any atom is 0.134 e. The van der Waals surface area contributed by atoms with Crippen LogP contribution in [0.1, 0.15) is 9.75 Å². The molecule has 2 aromatic carbocycles. The van der Waals surface area contributed by atoms with Crippen LogP contribution >= 0.6 is 91.5 Å². The zero-order valence-electron chi connectivity index (χ0n) is 27.4. The number of aryl methyl sites for hydroxylation is 2. The van der Waals surface area contributed by atoms with Crippen LogP contribution in [0.25, 0.3) is 93.1 Å². The van der Waals surface area contributed by atoms with Crippen LogP contribution < -0.4 is 10.4 Å². The van der Waals surface area contributed by atoms with Crippen molar-refractivity contribution in [3.05, 3.63) is 94.2 Å². The smallest absolute Gasteiger partial charge is 0.134 e. The third-order valence-corrected chi connectivity index (χ3v) is 20.0. The fourth-order valence-electron chi connectivity index (χ4n) is 6.98. The highest BCUT2D eigenvalue weighted by atomic mass is 32.1. The summed E-state index contributed by atoms with van der Waals surface area (Å²) in [5.41, 5.74) is 5.23. The van der Waals surface area contributed by atoms with Crippen LogP contribution in [0.15, 0.2) is 72.8 Å². The van der Waals surface area contributed by atoms with Crippen LogP contribution in [-0.2, 0) is 0 Å². The maximum atomic E-state index is 16.3. The Morgan fingerprint density at radius 1 is 0.434 bits per heavy atom. The Morgan fingerprint density at radius 3 is 1.26 bits per heavy atom. The van der Waals surface area contributed by atoms with Crippen LogP contribution in [0.3, 0.4) is 0 Å². The summed E-state index contributed by atoms with van der Waals surface area (Å²) in [6, 6.07) is 24.4. The van der Waals surface area contributed by atoms with Gasteiger partial charge in [0, 0.05) is 69.7 Å². The Hall–Kier alpha value is -3.64. The van der Waals surface area contributed by atoms with Gasteiger partial charge in [-0.3, -0.25) is 0 Å². The highest BCUT2D eigenvalue weighted by Gasteiger charge is 2.30. The normalized spacial score (nSPS) is 12.5. The van der Waals surface area contributed by atoms with Crippen LogP contribution in [0.5, 0.6) is 0 Å². The standard InChI is InChI=1S/C38H20F2N4S8Si/c1-15-3-5-23(45-15)25-9-7-21(47-25)17-11-19(39)31(35-33(17)41-51-43-35)27-13-29-37(49-27)38-30(53-29)14-28(50-38)32-20(40)12-18(34-36(32)44-52-42-34)22-8-10-26(48-22)24-6-4-16(2)46-24/h3-14H,53H2,1-2H3. The molecule has 258 valence electrons. The molecule has 0 N–H and O–H groups in total. The summed E-state index contributed by atoms with van der Waals surface area (Å²) in [6.07, 6.45) is 0. The Bertz CT molecular complexity index is 2870. The van der Waals surface area contributed by atoms with Crippen LogP contribution in [-0.4, -0.2) is 27.0 Å². The van der Waals surface area contributed by atoms with E-state index in [1.54, 1.807) is 80.2 Å². The quantitative estimate of drug-likeness (QED) is 0.156. The van der Waals surface area contributed by atoms with E-state index < -0.39 is 9.52 Å². The maximum absolute atomic E-state index is 16.3. The molecule has 0 amide bonds. The van der Waals surface area contributed by atoms with Crippen molar-refractivity contribution >= 4 is 133 Å². The van der Waals surface area contributed by atoms with E-state index in [-0.39, 0.29) is 11.6 Å². The third-order valence-electron chi connectivity index (χ3n) is 9.39. The molecule has 0 aliphatic carbocycles. The minimum absolute atomic E-state index is 0.292. The second kappa shape index (κ2) is 12.4. The van der Waals surface area contributed by atoms with Gasteiger partial charge in [-0.2, -0.15) is 17.5 Å². The number of halogens is 2. The van der Waals surface area contributed by atoms with E-state index in [1.165, 1.54) is 29.9 Å². The fourth-order valence-corrected chi connectivity index (χ4v) is 17.7. The SMILES string of the molecule is Cc1ccc(-c2ccc(-c3cc(F)c(-c4cc5c(s4)-c4sc(-c6c(F)cc(-c7ccc(-c8ccc(C)s8)s7)c7nsnc67)cc4[SiH2]5)c4nsnc34)s2)s1. The zero-order chi connectivity index (χ0) is 35.5. The van der Waals surface area contributed by atoms with Crippen LogP contribution in [0.2, 0.25) is 0 Å². The Labute approximate surface area is 335 Å². The Balaban J connectivity index is 0.945. The molecule has 53 heavy (non-hydrogen) atoms. The lowest BCUT2D eigenvalue weighted by Gasteiger charge is -2.06. The average Bonchev–Trinajstić information content (AvgIpc) is 3.98. The predicted molar refractivity (Wildman–Crippen MR) is 231 cm³/mol.